The SMILES string of the molecule is CC(=O)NC1CN(C(=O)c2cccc(C)n2)CC2(CCOCC2)NC1=O. The van der Waals surface area contributed by atoms with Crippen molar-refractivity contribution in [3.63, 3.8) is 0 Å². The van der Waals surface area contributed by atoms with E-state index in [0.29, 0.717) is 38.3 Å². The first-order chi connectivity index (χ1) is 12.4. The molecule has 2 aliphatic heterocycles. The Balaban J connectivity index is 1.90. The highest BCUT2D eigenvalue weighted by Gasteiger charge is 2.43. The molecule has 1 aromatic rings. The van der Waals surface area contributed by atoms with Crippen molar-refractivity contribution in [2.75, 3.05) is 26.3 Å². The number of amides is 3. The molecule has 0 radical (unpaired) electrons. The van der Waals surface area contributed by atoms with Crippen LogP contribution in [0.25, 0.3) is 0 Å². The van der Waals surface area contributed by atoms with Gasteiger partial charge in [-0.1, -0.05) is 6.07 Å². The van der Waals surface area contributed by atoms with Crippen LogP contribution in [0.2, 0.25) is 0 Å². The van der Waals surface area contributed by atoms with E-state index in [9.17, 15) is 14.4 Å². The number of rotatable bonds is 2. The molecule has 2 saturated heterocycles. The lowest BCUT2D eigenvalue weighted by atomic mass is 9.89. The molecule has 0 aliphatic carbocycles. The van der Waals surface area contributed by atoms with E-state index in [2.05, 4.69) is 15.6 Å². The van der Waals surface area contributed by atoms with Gasteiger partial charge in [-0.15, -0.1) is 0 Å². The van der Waals surface area contributed by atoms with Gasteiger partial charge in [-0.2, -0.15) is 0 Å². The zero-order chi connectivity index (χ0) is 18.7. The van der Waals surface area contributed by atoms with Crippen LogP contribution in [-0.2, 0) is 14.3 Å². The van der Waals surface area contributed by atoms with Crippen molar-refractivity contribution in [2.45, 2.75) is 38.3 Å². The number of nitrogens with zero attached hydrogens (tertiary/aromatic N) is 2. The van der Waals surface area contributed by atoms with Crippen molar-refractivity contribution in [1.82, 2.24) is 20.5 Å². The van der Waals surface area contributed by atoms with Gasteiger partial charge in [0.05, 0.1) is 12.1 Å². The molecular weight excluding hydrogens is 336 g/mol. The van der Waals surface area contributed by atoms with Crippen molar-refractivity contribution in [3.8, 4) is 0 Å². The van der Waals surface area contributed by atoms with Crippen LogP contribution in [0.3, 0.4) is 0 Å². The van der Waals surface area contributed by atoms with Gasteiger partial charge in [0, 0.05) is 32.4 Å². The largest absolute Gasteiger partial charge is 0.381 e. The molecule has 2 fully saturated rings. The van der Waals surface area contributed by atoms with Crippen molar-refractivity contribution in [3.05, 3.63) is 29.6 Å². The van der Waals surface area contributed by atoms with Gasteiger partial charge in [0.2, 0.25) is 11.8 Å². The molecule has 1 spiro atoms. The van der Waals surface area contributed by atoms with Crippen LogP contribution in [0.5, 0.6) is 0 Å². The van der Waals surface area contributed by atoms with Crippen molar-refractivity contribution >= 4 is 17.7 Å². The normalized spacial score (nSPS) is 22.5. The van der Waals surface area contributed by atoms with Crippen molar-refractivity contribution in [2.24, 2.45) is 0 Å². The first kappa shape index (κ1) is 18.3. The van der Waals surface area contributed by atoms with Crippen LogP contribution in [0.1, 0.15) is 35.9 Å². The molecule has 1 unspecified atom stereocenters. The summed E-state index contributed by atoms with van der Waals surface area (Å²) in [4.78, 5) is 43.1. The molecule has 3 amide bonds. The molecule has 8 heteroatoms. The average molecular weight is 360 g/mol. The van der Waals surface area contributed by atoms with E-state index in [4.69, 9.17) is 4.74 Å². The molecule has 140 valence electrons. The summed E-state index contributed by atoms with van der Waals surface area (Å²) < 4.78 is 5.42. The lowest BCUT2D eigenvalue weighted by molar-refractivity contribution is -0.129. The minimum absolute atomic E-state index is 0.114. The van der Waals surface area contributed by atoms with Crippen LogP contribution in [0.4, 0.5) is 0 Å². The topological polar surface area (TPSA) is 101 Å². The Bertz CT molecular complexity index is 715. The third kappa shape index (κ3) is 4.01. The summed E-state index contributed by atoms with van der Waals surface area (Å²) in [5.74, 6) is -0.824. The van der Waals surface area contributed by atoms with Gasteiger partial charge < -0.3 is 20.3 Å². The molecule has 0 aromatic carbocycles. The summed E-state index contributed by atoms with van der Waals surface area (Å²) in [5.41, 5.74) is 0.546. The first-order valence-electron chi connectivity index (χ1n) is 8.78. The van der Waals surface area contributed by atoms with Crippen LogP contribution in [-0.4, -0.2) is 65.5 Å². The summed E-state index contributed by atoms with van der Waals surface area (Å²) in [6.07, 6.45) is 1.24. The second-order valence-corrected chi connectivity index (χ2v) is 6.98. The van der Waals surface area contributed by atoms with Crippen LogP contribution < -0.4 is 10.6 Å². The lowest BCUT2D eigenvalue weighted by Crippen LogP contribution is -2.57. The Hall–Kier alpha value is -2.48. The molecular formula is C18H24N4O4. The predicted octanol–water partition coefficient (Wildman–Crippen LogP) is 0.0159. The zero-order valence-electron chi connectivity index (χ0n) is 15.1. The third-order valence-electron chi connectivity index (χ3n) is 4.82. The first-order valence-corrected chi connectivity index (χ1v) is 8.78. The zero-order valence-corrected chi connectivity index (χ0v) is 15.1. The van der Waals surface area contributed by atoms with E-state index in [1.54, 1.807) is 17.0 Å². The Labute approximate surface area is 152 Å². The second kappa shape index (κ2) is 7.41. The highest BCUT2D eigenvalue weighted by Crippen LogP contribution is 2.25. The standard InChI is InChI=1S/C18H24N4O4/c1-12-4-3-5-14(19-12)17(25)22-10-15(20-13(2)23)16(24)21-18(11-22)6-8-26-9-7-18/h3-5,15H,6-11H2,1-2H3,(H,20,23)(H,21,24). The fraction of sp³-hybridized carbons (Fsp3) is 0.556. The van der Waals surface area contributed by atoms with Crippen LogP contribution >= 0.6 is 0 Å². The predicted molar refractivity (Wildman–Crippen MR) is 93.4 cm³/mol. The molecule has 3 rings (SSSR count). The number of ether oxygens (including phenoxy) is 1. The van der Waals surface area contributed by atoms with Crippen LogP contribution in [0.15, 0.2) is 18.2 Å². The molecule has 2 N–H and O–H groups in total. The highest BCUT2D eigenvalue weighted by molar-refractivity contribution is 5.94. The molecule has 0 saturated carbocycles. The fourth-order valence-corrected chi connectivity index (χ4v) is 3.50. The van der Waals surface area contributed by atoms with Gasteiger partial charge in [0.1, 0.15) is 11.7 Å². The quantitative estimate of drug-likeness (QED) is 0.774. The molecule has 26 heavy (non-hydrogen) atoms. The maximum Gasteiger partial charge on any atom is 0.272 e. The van der Waals surface area contributed by atoms with E-state index in [-0.39, 0.29) is 24.3 Å². The summed E-state index contributed by atoms with van der Waals surface area (Å²) in [7, 11) is 0. The average Bonchev–Trinajstić information content (AvgIpc) is 2.71. The Morgan fingerprint density at radius 3 is 2.73 bits per heavy atom. The molecule has 0 bridgehead atoms. The molecule has 8 nitrogen and oxygen atoms in total. The van der Waals surface area contributed by atoms with Gasteiger partial charge in [-0.3, -0.25) is 14.4 Å². The maximum absolute atomic E-state index is 13.0. The number of carbonyl (C=O) groups excluding carboxylic acids is 3. The van der Waals surface area contributed by atoms with Crippen molar-refractivity contribution < 1.29 is 19.1 Å². The van der Waals surface area contributed by atoms with E-state index in [1.807, 2.05) is 13.0 Å². The van der Waals surface area contributed by atoms with Gasteiger partial charge in [-0.05, 0) is 31.9 Å². The molecule has 1 atom stereocenters. The van der Waals surface area contributed by atoms with E-state index in [1.165, 1.54) is 6.92 Å². The van der Waals surface area contributed by atoms with E-state index >= 15 is 0 Å². The van der Waals surface area contributed by atoms with E-state index in [0.717, 1.165) is 5.69 Å². The van der Waals surface area contributed by atoms with Gasteiger partial charge >= 0.3 is 0 Å². The smallest absolute Gasteiger partial charge is 0.272 e. The maximum atomic E-state index is 13.0. The van der Waals surface area contributed by atoms with Gasteiger partial charge in [0.25, 0.3) is 5.91 Å². The summed E-state index contributed by atoms with van der Waals surface area (Å²) >= 11 is 0. The Kier molecular flexibility index (Phi) is 5.22. The minimum atomic E-state index is -0.788. The summed E-state index contributed by atoms with van der Waals surface area (Å²) in [6, 6.07) is 4.49. The summed E-state index contributed by atoms with van der Waals surface area (Å²) in [6.45, 7) is 4.71. The molecule has 2 aliphatic rings. The van der Waals surface area contributed by atoms with Crippen LogP contribution in [0, 0.1) is 6.92 Å². The number of hydrogen-bond donors (Lipinski definition) is 2. The Morgan fingerprint density at radius 2 is 2.08 bits per heavy atom. The third-order valence-corrected chi connectivity index (χ3v) is 4.82. The lowest BCUT2D eigenvalue weighted by Gasteiger charge is -2.39. The number of carbonyl (C=O) groups is 3. The van der Waals surface area contributed by atoms with E-state index < -0.39 is 11.6 Å². The fourth-order valence-electron chi connectivity index (χ4n) is 3.50. The molecule has 1 aromatic heterocycles. The van der Waals surface area contributed by atoms with Gasteiger partial charge in [-0.25, -0.2) is 4.98 Å². The number of pyridine rings is 1. The minimum Gasteiger partial charge on any atom is -0.381 e. The monoisotopic (exact) mass is 360 g/mol. The second-order valence-electron chi connectivity index (χ2n) is 6.98. The summed E-state index contributed by atoms with van der Waals surface area (Å²) in [5, 5.41) is 5.69. The number of aromatic nitrogens is 1. The highest BCUT2D eigenvalue weighted by atomic mass is 16.5. The number of hydrogen-bond acceptors (Lipinski definition) is 5. The number of nitrogens with one attached hydrogen (secondary N) is 2. The van der Waals surface area contributed by atoms with Gasteiger partial charge in [0.15, 0.2) is 0 Å². The Morgan fingerprint density at radius 1 is 1.35 bits per heavy atom. The van der Waals surface area contributed by atoms with Crippen molar-refractivity contribution in [1.29, 1.82) is 0 Å². The molecule has 3 heterocycles. The number of aryl methyl sites for hydroxylation is 1.